The fourth-order valence-corrected chi connectivity index (χ4v) is 2.13. The summed E-state index contributed by atoms with van der Waals surface area (Å²) < 4.78 is 0. The molecule has 0 aliphatic rings. The van der Waals surface area contributed by atoms with E-state index in [0.29, 0.717) is 6.29 Å². The predicted octanol–water partition coefficient (Wildman–Crippen LogP) is 2.73. The second-order valence-electron chi connectivity index (χ2n) is 3.17. The van der Waals surface area contributed by atoms with E-state index in [0.717, 1.165) is 10.4 Å². The van der Waals surface area contributed by atoms with Gasteiger partial charge in [-0.3, -0.25) is 15.5 Å². The molecule has 0 aliphatic heterocycles. The Morgan fingerprint density at radius 3 is 2.75 bits per heavy atom. The summed E-state index contributed by atoms with van der Waals surface area (Å²) in [7, 11) is 0. The molecule has 3 N–H and O–H groups in total. The molecule has 5 heteroatoms. The van der Waals surface area contributed by atoms with Crippen LogP contribution in [0.25, 0.3) is 10.4 Å². The number of carbonyl (C=O) groups excluding carboxylic acids is 1. The Morgan fingerprint density at radius 2 is 2.19 bits per heavy atom. The van der Waals surface area contributed by atoms with E-state index in [-0.39, 0.29) is 17.0 Å². The fraction of sp³-hybridized carbons (Fsp3) is 0. The molecule has 2 aromatic rings. The second-order valence-corrected chi connectivity index (χ2v) is 4.12. The maximum Gasteiger partial charge on any atom is 0.153 e. The van der Waals surface area contributed by atoms with Gasteiger partial charge < -0.3 is 5.11 Å². The highest BCUT2D eigenvalue weighted by molar-refractivity contribution is 7.13. The molecule has 0 radical (unpaired) electrons. The highest BCUT2D eigenvalue weighted by Crippen LogP contribution is 2.34. The first-order chi connectivity index (χ1) is 7.76. The van der Waals surface area contributed by atoms with Crippen LogP contribution in [0.5, 0.6) is 5.75 Å². The van der Waals surface area contributed by atoms with Crippen molar-refractivity contribution in [1.82, 2.24) is 0 Å². The summed E-state index contributed by atoms with van der Waals surface area (Å²) in [5, 5.41) is 20.3. The average molecular weight is 235 g/mol. The number of hydrogen-bond donors (Lipinski definition) is 3. The van der Waals surface area contributed by atoms with E-state index in [1.54, 1.807) is 12.1 Å². The van der Waals surface area contributed by atoms with Crippen LogP contribution in [0.15, 0.2) is 29.6 Å². The van der Waals surface area contributed by atoms with Crippen LogP contribution >= 0.6 is 11.3 Å². The Labute approximate surface area is 95.7 Å². The van der Waals surface area contributed by atoms with E-state index in [1.165, 1.54) is 11.3 Å². The summed E-state index contributed by atoms with van der Waals surface area (Å²) in [4.78, 5) is 11.7. The van der Waals surface area contributed by atoms with Gasteiger partial charge in [-0.1, -0.05) is 6.07 Å². The number of aldehydes is 1. The first-order valence-corrected chi connectivity index (χ1v) is 5.40. The molecular formula is C11H9NO3S. The predicted molar refractivity (Wildman–Crippen MR) is 62.2 cm³/mol. The molecule has 16 heavy (non-hydrogen) atoms. The SMILES string of the molecule is O=Cc1cc(-c2cccs2)cc(NO)c1O. The highest BCUT2D eigenvalue weighted by atomic mass is 32.1. The number of rotatable bonds is 3. The highest BCUT2D eigenvalue weighted by Gasteiger charge is 2.10. The summed E-state index contributed by atoms with van der Waals surface area (Å²) in [6.45, 7) is 0. The van der Waals surface area contributed by atoms with Crippen molar-refractivity contribution in [3.8, 4) is 16.2 Å². The van der Waals surface area contributed by atoms with E-state index in [9.17, 15) is 9.90 Å². The van der Waals surface area contributed by atoms with Crippen molar-refractivity contribution in [2.75, 3.05) is 5.48 Å². The van der Waals surface area contributed by atoms with Crippen LogP contribution < -0.4 is 5.48 Å². The van der Waals surface area contributed by atoms with Crippen molar-refractivity contribution >= 4 is 23.3 Å². The molecule has 0 saturated heterocycles. The van der Waals surface area contributed by atoms with Crippen molar-refractivity contribution in [1.29, 1.82) is 0 Å². The van der Waals surface area contributed by atoms with Gasteiger partial charge in [-0.05, 0) is 29.1 Å². The Morgan fingerprint density at radius 1 is 1.38 bits per heavy atom. The minimum absolute atomic E-state index is 0.119. The third kappa shape index (κ3) is 1.78. The Balaban J connectivity index is 2.60. The lowest BCUT2D eigenvalue weighted by Gasteiger charge is -2.07. The summed E-state index contributed by atoms with van der Waals surface area (Å²) in [5.74, 6) is -0.252. The molecule has 0 bridgehead atoms. The van der Waals surface area contributed by atoms with Gasteiger partial charge in [0.1, 0.15) is 5.69 Å². The third-order valence-corrected chi connectivity index (χ3v) is 3.11. The number of phenols is 1. The van der Waals surface area contributed by atoms with Gasteiger partial charge in [0.25, 0.3) is 0 Å². The lowest BCUT2D eigenvalue weighted by atomic mass is 10.1. The van der Waals surface area contributed by atoms with Gasteiger partial charge in [0.15, 0.2) is 12.0 Å². The fourth-order valence-electron chi connectivity index (χ4n) is 1.42. The number of nitrogens with one attached hydrogen (secondary N) is 1. The number of thiophene rings is 1. The molecule has 4 nitrogen and oxygen atoms in total. The van der Waals surface area contributed by atoms with Crippen molar-refractivity contribution < 1.29 is 15.1 Å². The lowest BCUT2D eigenvalue weighted by Crippen LogP contribution is -1.93. The Hall–Kier alpha value is -1.85. The summed E-state index contributed by atoms with van der Waals surface area (Å²) in [6.07, 6.45) is 0.549. The molecular weight excluding hydrogens is 226 g/mol. The molecule has 2 rings (SSSR count). The normalized spacial score (nSPS) is 10.1. The molecule has 1 aromatic heterocycles. The molecule has 0 fully saturated rings. The van der Waals surface area contributed by atoms with Gasteiger partial charge in [-0.2, -0.15) is 0 Å². The van der Waals surface area contributed by atoms with Crippen LogP contribution in [0.3, 0.4) is 0 Å². The molecule has 0 aliphatic carbocycles. The molecule has 0 amide bonds. The Bertz CT molecular complexity index is 508. The number of aromatic hydroxyl groups is 1. The van der Waals surface area contributed by atoms with Crippen molar-refractivity contribution in [2.24, 2.45) is 0 Å². The number of benzene rings is 1. The number of phenolic OH excluding ortho intramolecular Hbond substituents is 1. The lowest BCUT2D eigenvalue weighted by molar-refractivity contribution is 0.112. The van der Waals surface area contributed by atoms with Crippen LogP contribution in [-0.4, -0.2) is 16.6 Å². The Kier molecular flexibility index (Phi) is 2.89. The number of carbonyl (C=O) groups is 1. The van der Waals surface area contributed by atoms with Gasteiger partial charge in [0, 0.05) is 4.88 Å². The van der Waals surface area contributed by atoms with E-state index in [4.69, 9.17) is 5.21 Å². The summed E-state index contributed by atoms with van der Waals surface area (Å²) in [5.41, 5.74) is 2.90. The molecule has 1 heterocycles. The zero-order chi connectivity index (χ0) is 11.5. The monoisotopic (exact) mass is 235 g/mol. The largest absolute Gasteiger partial charge is 0.505 e. The van der Waals surface area contributed by atoms with E-state index < -0.39 is 0 Å². The van der Waals surface area contributed by atoms with Crippen LogP contribution in [0, 0.1) is 0 Å². The topological polar surface area (TPSA) is 69.6 Å². The van der Waals surface area contributed by atoms with Gasteiger partial charge in [0.05, 0.1) is 5.56 Å². The summed E-state index contributed by atoms with van der Waals surface area (Å²) in [6, 6.07) is 6.94. The molecule has 1 aromatic carbocycles. The number of anilines is 1. The molecule has 0 atom stereocenters. The van der Waals surface area contributed by atoms with Crippen molar-refractivity contribution in [2.45, 2.75) is 0 Å². The number of hydrogen-bond acceptors (Lipinski definition) is 5. The van der Waals surface area contributed by atoms with E-state index in [1.807, 2.05) is 23.0 Å². The van der Waals surface area contributed by atoms with Gasteiger partial charge >= 0.3 is 0 Å². The molecule has 82 valence electrons. The smallest absolute Gasteiger partial charge is 0.153 e. The minimum atomic E-state index is -0.252. The van der Waals surface area contributed by atoms with Crippen molar-refractivity contribution in [3.05, 3.63) is 35.2 Å². The van der Waals surface area contributed by atoms with Gasteiger partial charge in [-0.15, -0.1) is 11.3 Å². The van der Waals surface area contributed by atoms with Crippen LogP contribution in [0.2, 0.25) is 0 Å². The van der Waals surface area contributed by atoms with Crippen LogP contribution in [0.1, 0.15) is 10.4 Å². The van der Waals surface area contributed by atoms with Crippen LogP contribution in [0.4, 0.5) is 5.69 Å². The molecule has 0 spiro atoms. The zero-order valence-corrected chi connectivity index (χ0v) is 8.99. The summed E-state index contributed by atoms with van der Waals surface area (Å²) >= 11 is 1.51. The van der Waals surface area contributed by atoms with Crippen LogP contribution in [-0.2, 0) is 0 Å². The van der Waals surface area contributed by atoms with E-state index >= 15 is 0 Å². The molecule has 0 unspecified atom stereocenters. The van der Waals surface area contributed by atoms with E-state index in [2.05, 4.69) is 0 Å². The standard InChI is InChI=1S/C11H9NO3S/c13-6-8-4-7(10-2-1-3-16-10)5-9(12-15)11(8)14/h1-6,12,14-15H. The first kappa shape index (κ1) is 10.7. The first-order valence-electron chi connectivity index (χ1n) is 4.52. The van der Waals surface area contributed by atoms with Crippen molar-refractivity contribution in [3.63, 3.8) is 0 Å². The average Bonchev–Trinajstić information content (AvgIpc) is 2.83. The van der Waals surface area contributed by atoms with Gasteiger partial charge in [0.2, 0.25) is 0 Å². The zero-order valence-electron chi connectivity index (χ0n) is 8.18. The third-order valence-electron chi connectivity index (χ3n) is 2.19. The molecule has 0 saturated carbocycles. The maximum atomic E-state index is 10.8. The maximum absolute atomic E-state index is 10.8. The minimum Gasteiger partial charge on any atom is -0.505 e. The van der Waals surface area contributed by atoms with Gasteiger partial charge in [-0.25, -0.2) is 0 Å². The second kappa shape index (κ2) is 4.34. The quantitative estimate of drug-likeness (QED) is 0.434.